The molecule has 2 aliphatic heterocycles. The first-order chi connectivity index (χ1) is 19.0. The quantitative estimate of drug-likeness (QED) is 0.326. The number of amides is 2. The third kappa shape index (κ3) is 6.21. The maximum atomic E-state index is 13.1. The molecule has 0 bridgehead atoms. The molecule has 2 amide bonds. The van der Waals surface area contributed by atoms with Crippen LogP contribution in [0.4, 0.5) is 10.6 Å². The second kappa shape index (κ2) is 12.0. The van der Waals surface area contributed by atoms with Crippen molar-refractivity contribution < 1.29 is 23.7 Å². The Hall–Kier alpha value is -4.37. The Kier molecular flexibility index (Phi) is 8.07. The number of anilines is 1. The van der Waals surface area contributed by atoms with Crippen LogP contribution in [-0.4, -0.2) is 92.2 Å². The zero-order valence-corrected chi connectivity index (χ0v) is 21.5. The van der Waals surface area contributed by atoms with Gasteiger partial charge in [0, 0.05) is 25.7 Å². The second-order valence-corrected chi connectivity index (χ2v) is 9.32. The van der Waals surface area contributed by atoms with Crippen molar-refractivity contribution in [3.8, 4) is 11.6 Å². The number of benzene rings is 1. The van der Waals surface area contributed by atoms with Crippen molar-refractivity contribution in [3.05, 3.63) is 41.2 Å². The lowest BCUT2D eigenvalue weighted by Gasteiger charge is -2.33. The lowest BCUT2D eigenvalue weighted by molar-refractivity contribution is 0.0416. The summed E-state index contributed by atoms with van der Waals surface area (Å²) in [6, 6.07) is 7.08. The fraction of sp³-hybridized carbons (Fsp3) is 0.458. The number of ether oxygens (including phenoxy) is 2. The Morgan fingerprint density at radius 1 is 1.18 bits per heavy atom. The van der Waals surface area contributed by atoms with Crippen molar-refractivity contribution in [1.29, 1.82) is 0 Å². The molecule has 0 spiro atoms. The van der Waals surface area contributed by atoms with Gasteiger partial charge in [0.2, 0.25) is 11.6 Å². The van der Waals surface area contributed by atoms with Crippen molar-refractivity contribution in [3.63, 3.8) is 0 Å². The highest BCUT2D eigenvalue weighted by Gasteiger charge is 2.28. The van der Waals surface area contributed by atoms with Gasteiger partial charge in [-0.05, 0) is 66.5 Å². The highest BCUT2D eigenvalue weighted by molar-refractivity contribution is 5.94. The first-order valence-corrected chi connectivity index (χ1v) is 12.7. The van der Waals surface area contributed by atoms with E-state index in [1.165, 1.54) is 10.9 Å². The summed E-state index contributed by atoms with van der Waals surface area (Å²) in [5.74, 6) is 0.0711. The molecule has 206 valence electrons. The van der Waals surface area contributed by atoms with E-state index in [-0.39, 0.29) is 17.3 Å². The van der Waals surface area contributed by atoms with Gasteiger partial charge in [0.15, 0.2) is 5.69 Å². The molecule has 4 heterocycles. The summed E-state index contributed by atoms with van der Waals surface area (Å²) < 4.78 is 16.8. The van der Waals surface area contributed by atoms with Crippen LogP contribution in [-0.2, 0) is 11.3 Å². The number of nitrogens with one attached hydrogen (secondary N) is 1. The van der Waals surface area contributed by atoms with Crippen LogP contribution >= 0.6 is 0 Å². The van der Waals surface area contributed by atoms with Crippen LogP contribution in [0.2, 0.25) is 0 Å². The van der Waals surface area contributed by atoms with Gasteiger partial charge in [-0.15, -0.1) is 5.10 Å². The molecule has 0 aliphatic carbocycles. The molecule has 2 saturated heterocycles. The summed E-state index contributed by atoms with van der Waals surface area (Å²) in [5, 5.41) is 19.7. The molecule has 2 aromatic heterocycles. The van der Waals surface area contributed by atoms with Crippen LogP contribution in [0.5, 0.6) is 5.75 Å². The molecule has 39 heavy (non-hydrogen) atoms. The van der Waals surface area contributed by atoms with E-state index in [2.05, 4.69) is 43.0 Å². The van der Waals surface area contributed by atoms with Crippen LogP contribution < -0.4 is 15.9 Å². The van der Waals surface area contributed by atoms with E-state index in [0.717, 1.165) is 25.8 Å². The Bertz CT molecular complexity index is 1320. The molecule has 15 nitrogen and oxygen atoms in total. The topological polar surface area (TPSA) is 179 Å². The second-order valence-electron chi connectivity index (χ2n) is 9.32. The number of likely N-dealkylation sites (tertiary alicyclic amines) is 1. The number of hydrogen-bond donors (Lipinski definition) is 2. The Balaban J connectivity index is 1.25. The number of nitrogen functional groups attached to an aromatic ring is 1. The number of carbonyl (C=O) groups excluding carboxylic acids is 2. The van der Waals surface area contributed by atoms with Crippen molar-refractivity contribution >= 4 is 24.0 Å². The number of rotatable bonds is 7. The minimum atomic E-state index is -0.539. The fourth-order valence-electron chi connectivity index (χ4n) is 4.46. The van der Waals surface area contributed by atoms with E-state index in [4.69, 9.17) is 19.8 Å². The molecule has 5 rings (SSSR count). The predicted molar refractivity (Wildman–Crippen MR) is 137 cm³/mol. The van der Waals surface area contributed by atoms with Gasteiger partial charge >= 0.3 is 6.09 Å². The van der Waals surface area contributed by atoms with Gasteiger partial charge in [-0.1, -0.05) is 11.6 Å². The Labute approximate surface area is 223 Å². The van der Waals surface area contributed by atoms with Gasteiger partial charge in [0.25, 0.3) is 5.91 Å². The summed E-state index contributed by atoms with van der Waals surface area (Å²) in [6.07, 6.45) is 4.34. The summed E-state index contributed by atoms with van der Waals surface area (Å²) in [6.45, 7) is 5.44. The number of nitrogens with two attached hydrogens (primary N) is 1. The van der Waals surface area contributed by atoms with Gasteiger partial charge in [0.1, 0.15) is 5.75 Å². The predicted octanol–water partition coefficient (Wildman–Crippen LogP) is 1.20. The number of piperidine rings is 1. The molecular formula is C24H30N10O5. The lowest BCUT2D eigenvalue weighted by Crippen LogP contribution is -2.42. The molecule has 2 aliphatic rings. The molecule has 3 aromatic rings. The minimum absolute atomic E-state index is 0.0388. The molecule has 1 atom stereocenters. The molecule has 0 radical (unpaired) electrons. The van der Waals surface area contributed by atoms with Gasteiger partial charge < -0.3 is 20.1 Å². The first kappa shape index (κ1) is 26.2. The van der Waals surface area contributed by atoms with Crippen LogP contribution in [0.15, 0.2) is 34.0 Å². The fourth-order valence-corrected chi connectivity index (χ4v) is 4.46. The number of aromatic nitrogens is 5. The lowest BCUT2D eigenvalue weighted by atomic mass is 10.0. The summed E-state index contributed by atoms with van der Waals surface area (Å²) in [7, 11) is 0. The highest BCUT2D eigenvalue weighted by atomic mass is 16.6. The molecule has 3 N–H and O–H groups in total. The smallest absolute Gasteiger partial charge is 0.410 e. The van der Waals surface area contributed by atoms with Crippen molar-refractivity contribution in [2.45, 2.75) is 38.8 Å². The number of carbonyl (C=O) groups is 2. The van der Waals surface area contributed by atoms with Crippen molar-refractivity contribution in [2.24, 2.45) is 5.10 Å². The zero-order chi connectivity index (χ0) is 27.2. The van der Waals surface area contributed by atoms with Crippen LogP contribution in [0.1, 0.15) is 47.9 Å². The average molecular weight is 539 g/mol. The zero-order valence-electron chi connectivity index (χ0n) is 21.5. The Morgan fingerprint density at radius 2 is 1.97 bits per heavy atom. The third-order valence-electron chi connectivity index (χ3n) is 6.70. The number of morpholine rings is 1. The monoisotopic (exact) mass is 538 g/mol. The number of nitrogens with zero attached hydrogens (tertiary/aromatic N) is 8. The van der Waals surface area contributed by atoms with Crippen LogP contribution in [0, 0.1) is 0 Å². The largest absolute Gasteiger partial charge is 0.415 e. The molecule has 1 aromatic carbocycles. The molecule has 0 saturated carbocycles. The van der Waals surface area contributed by atoms with Crippen molar-refractivity contribution in [1.82, 2.24) is 40.5 Å². The molecule has 2 fully saturated rings. The standard InChI is InChI=1S/C24H30N10O5/c1-16-4-2-3-9-33(16)15-19-20(27-31-34(19)22-21(25)29-39-30-22)23(35)28-26-14-17-5-7-18(8-6-17)38-24(36)32-10-12-37-13-11-32/h5-8,14,16H,2-4,9-13,15H2,1H3,(H2,25,29)(H,28,35). The normalized spacial score (nSPS) is 18.4. The minimum Gasteiger partial charge on any atom is -0.410 e. The van der Waals surface area contributed by atoms with Crippen LogP contribution in [0.25, 0.3) is 5.82 Å². The third-order valence-corrected chi connectivity index (χ3v) is 6.70. The van der Waals surface area contributed by atoms with Gasteiger partial charge in [-0.2, -0.15) is 9.78 Å². The van der Waals surface area contributed by atoms with E-state index in [9.17, 15) is 9.59 Å². The van der Waals surface area contributed by atoms with E-state index in [0.29, 0.717) is 55.9 Å². The SMILES string of the molecule is CC1CCCCN1Cc1c(C(=O)NN=Cc2ccc(OC(=O)N3CCOCC3)cc2)nnn1-c1nonc1N. The number of hydrogen-bond acceptors (Lipinski definition) is 12. The van der Waals surface area contributed by atoms with Gasteiger partial charge in [-0.3, -0.25) is 9.69 Å². The van der Waals surface area contributed by atoms with Crippen molar-refractivity contribution in [2.75, 3.05) is 38.6 Å². The van der Waals surface area contributed by atoms with E-state index < -0.39 is 12.0 Å². The van der Waals surface area contributed by atoms with E-state index in [1.807, 2.05) is 0 Å². The Morgan fingerprint density at radius 3 is 2.69 bits per heavy atom. The van der Waals surface area contributed by atoms with Gasteiger partial charge in [-0.25, -0.2) is 14.8 Å². The molecular weight excluding hydrogens is 508 g/mol. The van der Waals surface area contributed by atoms with E-state index in [1.54, 1.807) is 29.2 Å². The van der Waals surface area contributed by atoms with Crippen LogP contribution in [0.3, 0.4) is 0 Å². The summed E-state index contributed by atoms with van der Waals surface area (Å²) in [5.41, 5.74) is 9.67. The first-order valence-electron chi connectivity index (χ1n) is 12.7. The highest BCUT2D eigenvalue weighted by Crippen LogP contribution is 2.23. The molecule has 1 unspecified atom stereocenters. The maximum absolute atomic E-state index is 13.1. The number of hydrazone groups is 1. The van der Waals surface area contributed by atoms with E-state index >= 15 is 0 Å². The molecule has 15 heteroatoms. The average Bonchev–Trinajstić information content (AvgIpc) is 3.57. The summed E-state index contributed by atoms with van der Waals surface area (Å²) in [4.78, 5) is 29.1. The maximum Gasteiger partial charge on any atom is 0.415 e. The van der Waals surface area contributed by atoms with Gasteiger partial charge in [0.05, 0.1) is 25.1 Å². The summed E-state index contributed by atoms with van der Waals surface area (Å²) >= 11 is 0.